The van der Waals surface area contributed by atoms with Gasteiger partial charge < -0.3 is 55.0 Å². The molecule has 10 rings (SSSR count). The van der Waals surface area contributed by atoms with Gasteiger partial charge in [-0.3, -0.25) is 4.79 Å². The summed E-state index contributed by atoms with van der Waals surface area (Å²) in [6.07, 6.45) is 5.34. The Morgan fingerprint density at radius 2 is 1.69 bits per heavy atom. The Hall–Kier alpha value is -5.96. The zero-order chi connectivity index (χ0) is 42.3. The van der Waals surface area contributed by atoms with Crippen LogP contribution in [-0.4, -0.2) is 140 Å². The van der Waals surface area contributed by atoms with Crippen LogP contribution in [0.2, 0.25) is 0 Å². The lowest BCUT2D eigenvalue weighted by atomic mass is 9.96. The first-order valence-corrected chi connectivity index (χ1v) is 22.5. The summed E-state index contributed by atoms with van der Waals surface area (Å²) in [6, 6.07) is 24.3. The minimum Gasteiger partial charge on any atom is -0.507 e. The van der Waals surface area contributed by atoms with Crippen LogP contribution in [-0.2, 0) is 16.0 Å². The molecular weight excluding hydrogens is 785 g/mol. The molecule has 5 saturated heterocycles. The summed E-state index contributed by atoms with van der Waals surface area (Å²) in [5, 5.41) is 22.1. The summed E-state index contributed by atoms with van der Waals surface area (Å²) < 4.78 is 12.8. The number of piperidine rings is 2. The molecule has 3 aromatic carbocycles. The molecule has 15 heteroatoms. The van der Waals surface area contributed by atoms with Gasteiger partial charge in [-0.15, -0.1) is 10.2 Å². The van der Waals surface area contributed by atoms with Crippen molar-refractivity contribution >= 4 is 40.5 Å². The number of rotatable bonds is 9. The van der Waals surface area contributed by atoms with Crippen molar-refractivity contribution in [2.24, 2.45) is 5.92 Å². The predicted molar refractivity (Wildman–Crippen MR) is 240 cm³/mol. The summed E-state index contributed by atoms with van der Waals surface area (Å²) >= 11 is 0. The van der Waals surface area contributed by atoms with Crippen LogP contribution in [0.25, 0.3) is 11.3 Å². The van der Waals surface area contributed by atoms with Gasteiger partial charge in [-0.05, 0) is 68.1 Å². The van der Waals surface area contributed by atoms with E-state index in [4.69, 9.17) is 15.2 Å². The second kappa shape index (κ2) is 17.1. The molecule has 4 aromatic rings. The molecule has 15 nitrogen and oxygen atoms in total. The van der Waals surface area contributed by atoms with Gasteiger partial charge in [0, 0.05) is 119 Å². The fraction of sp³-hybridized carbons (Fsp3) is 0.489. The van der Waals surface area contributed by atoms with Gasteiger partial charge in [0.15, 0.2) is 5.82 Å². The minimum absolute atomic E-state index is 0.0266. The van der Waals surface area contributed by atoms with Crippen molar-refractivity contribution < 1.29 is 24.2 Å². The number of hydrogen-bond acceptors (Lipinski definition) is 12. The van der Waals surface area contributed by atoms with Crippen molar-refractivity contribution in [2.45, 2.75) is 62.8 Å². The number of nitrogen functional groups attached to an aromatic ring is 1. The smallest absolute Gasteiger partial charge is 0.319 e. The molecule has 3 atom stereocenters. The fourth-order valence-corrected chi connectivity index (χ4v) is 10.7. The normalized spacial score (nSPS) is 23.1. The van der Waals surface area contributed by atoms with Crippen molar-refractivity contribution in [1.29, 1.82) is 0 Å². The number of hydrogen-bond donors (Lipinski definition) is 3. The maximum atomic E-state index is 13.6. The Balaban J connectivity index is 0.718. The first kappa shape index (κ1) is 40.1. The number of phenolic OH excluding ortho intramolecular Hbond substituents is 1. The first-order valence-electron chi connectivity index (χ1n) is 22.5. The molecule has 3 amide bonds. The molecule has 5 fully saturated rings. The maximum absolute atomic E-state index is 13.6. The van der Waals surface area contributed by atoms with Crippen molar-refractivity contribution in [1.82, 2.24) is 25.3 Å². The number of amides is 3. The largest absolute Gasteiger partial charge is 0.507 e. The lowest BCUT2D eigenvalue weighted by Gasteiger charge is -2.44. The van der Waals surface area contributed by atoms with E-state index in [0.29, 0.717) is 55.8 Å². The highest BCUT2D eigenvalue weighted by Crippen LogP contribution is 2.41. The number of phenols is 1. The highest BCUT2D eigenvalue weighted by molar-refractivity contribution is 5.87. The third-order valence-corrected chi connectivity index (χ3v) is 13.9. The van der Waals surface area contributed by atoms with Crippen molar-refractivity contribution in [3.63, 3.8) is 0 Å². The third-order valence-electron chi connectivity index (χ3n) is 13.9. The van der Waals surface area contributed by atoms with Gasteiger partial charge >= 0.3 is 6.03 Å². The number of nitrogens with one attached hydrogen (secondary N) is 1. The van der Waals surface area contributed by atoms with E-state index < -0.39 is 0 Å². The number of fused-ring (bicyclic) bond motifs is 3. The zero-order valence-electron chi connectivity index (χ0n) is 35.6. The first-order chi connectivity index (χ1) is 30.3. The molecule has 326 valence electrons. The van der Waals surface area contributed by atoms with Gasteiger partial charge in [-0.1, -0.05) is 24.3 Å². The van der Waals surface area contributed by atoms with E-state index in [1.54, 1.807) is 12.1 Å². The average molecular weight is 843 g/mol. The molecule has 0 radical (unpaired) electrons. The second-order valence-electron chi connectivity index (χ2n) is 17.9. The number of urea groups is 1. The molecule has 1 aromatic heterocycles. The minimum atomic E-state index is -0.0713. The fourth-order valence-electron chi connectivity index (χ4n) is 10.7. The summed E-state index contributed by atoms with van der Waals surface area (Å²) in [7, 11) is 1.94. The van der Waals surface area contributed by atoms with Crippen LogP contribution in [0.1, 0.15) is 37.7 Å². The van der Waals surface area contributed by atoms with Gasteiger partial charge in [0.1, 0.15) is 23.6 Å². The number of aromatic hydroxyl groups is 1. The predicted octanol–water partition coefficient (Wildman–Crippen LogP) is 4.59. The Labute approximate surface area is 363 Å². The Morgan fingerprint density at radius 3 is 2.53 bits per heavy atom. The molecule has 62 heavy (non-hydrogen) atoms. The van der Waals surface area contributed by atoms with Crippen molar-refractivity contribution in [2.75, 3.05) is 104 Å². The number of carbonyl (C=O) groups is 2. The summed E-state index contributed by atoms with van der Waals surface area (Å²) in [6.45, 7) is 8.26. The number of para-hydroxylation sites is 1. The Bertz CT molecular complexity index is 2280. The van der Waals surface area contributed by atoms with E-state index in [2.05, 4.69) is 71.5 Å². The van der Waals surface area contributed by atoms with Crippen LogP contribution in [0.3, 0.4) is 0 Å². The van der Waals surface area contributed by atoms with Crippen molar-refractivity contribution in [3.8, 4) is 22.8 Å². The van der Waals surface area contributed by atoms with Crippen molar-refractivity contribution in [3.05, 3.63) is 78.4 Å². The van der Waals surface area contributed by atoms with E-state index >= 15 is 0 Å². The Morgan fingerprint density at radius 1 is 0.887 bits per heavy atom. The number of likely N-dealkylation sites (tertiary alicyclic amines) is 1. The van der Waals surface area contributed by atoms with E-state index in [1.165, 1.54) is 16.9 Å². The number of nitrogens with two attached hydrogens (primary N) is 1. The highest BCUT2D eigenvalue weighted by atomic mass is 16.5. The number of aromatic nitrogens is 2. The summed E-state index contributed by atoms with van der Waals surface area (Å²) in [5.41, 5.74) is 13.4. The van der Waals surface area contributed by atoms with Gasteiger partial charge in [0.2, 0.25) is 5.91 Å². The SMILES string of the molecule is CN(CC1CN(c2cccc3c2CCN3[C@H]2CCCNC2=O)C1)C(=O)N1CCC(Oc2cccc(N3[C@@H]4CCN(c5cc(-c6ccccc6O)nnc5N)C[C@@H]3COC4)c2)CC1. The third kappa shape index (κ3) is 7.86. The topological polar surface area (TPSA) is 156 Å². The van der Waals surface area contributed by atoms with Crippen LogP contribution in [0, 0.1) is 5.92 Å². The number of anilines is 5. The van der Waals surface area contributed by atoms with Crippen LogP contribution in [0.4, 0.5) is 33.4 Å². The second-order valence-corrected chi connectivity index (χ2v) is 17.9. The van der Waals surface area contributed by atoms with Crippen LogP contribution >= 0.6 is 0 Å². The molecule has 2 bridgehead atoms. The van der Waals surface area contributed by atoms with Crippen LogP contribution < -0.4 is 35.4 Å². The average Bonchev–Trinajstić information content (AvgIpc) is 3.67. The van der Waals surface area contributed by atoms with Gasteiger partial charge in [-0.2, -0.15) is 0 Å². The quantitative estimate of drug-likeness (QED) is 0.216. The molecule has 4 N–H and O–H groups in total. The lowest BCUT2D eigenvalue weighted by Crippen LogP contribution is -2.54. The standard InChI is InChI=1S/C47H58N10O5/c1-52(25-31-26-55(27-31)40-10-5-11-41-38(40)17-22-56(41)42-12-6-18-49-46(42)59)47(60)53-20-15-35(16-21-53)62-36-8-4-7-32(23-36)57-33-14-19-54(28-34(57)30-61-29-33)43-24-39(50-51-45(43)48)37-9-2-3-13-44(37)58/h2-5,7-11,13,23-24,31,33-35,42,58H,6,12,14-22,25-30H2,1H3,(H2,48,51)(H,49,59)/t33-,34-,42+/m1/s1. The van der Waals surface area contributed by atoms with Crippen LogP contribution in [0.5, 0.6) is 11.5 Å². The molecule has 0 spiro atoms. The van der Waals surface area contributed by atoms with E-state index in [9.17, 15) is 14.7 Å². The molecular formula is C47H58N10O5. The molecule has 6 aliphatic heterocycles. The highest BCUT2D eigenvalue weighted by Gasteiger charge is 2.39. The number of ether oxygens (including phenoxy) is 2. The maximum Gasteiger partial charge on any atom is 0.319 e. The van der Waals surface area contributed by atoms with E-state index in [-0.39, 0.29) is 41.9 Å². The summed E-state index contributed by atoms with van der Waals surface area (Å²) in [5.74, 6) is 1.92. The van der Waals surface area contributed by atoms with E-state index in [0.717, 1.165) is 94.9 Å². The number of nitrogens with zero attached hydrogens (tertiary/aromatic N) is 8. The number of morpholine rings is 1. The monoisotopic (exact) mass is 842 g/mol. The Kier molecular flexibility index (Phi) is 11.0. The number of carbonyl (C=O) groups excluding carboxylic acids is 2. The van der Waals surface area contributed by atoms with Gasteiger partial charge in [0.25, 0.3) is 0 Å². The van der Waals surface area contributed by atoms with E-state index in [1.807, 2.05) is 41.1 Å². The molecule has 0 unspecified atom stereocenters. The lowest BCUT2D eigenvalue weighted by molar-refractivity contribution is -0.123. The molecule has 6 aliphatic rings. The van der Waals surface area contributed by atoms with Gasteiger partial charge in [-0.25, -0.2) is 4.79 Å². The van der Waals surface area contributed by atoms with Gasteiger partial charge in [0.05, 0.1) is 36.7 Å². The molecule has 7 heterocycles. The molecule has 0 aliphatic carbocycles. The summed E-state index contributed by atoms with van der Waals surface area (Å²) in [4.78, 5) is 39.7. The molecule has 0 saturated carbocycles. The zero-order valence-corrected chi connectivity index (χ0v) is 35.6. The van der Waals surface area contributed by atoms with Crippen LogP contribution in [0.15, 0.2) is 72.8 Å². The number of benzene rings is 3.